The van der Waals surface area contributed by atoms with E-state index in [1.807, 2.05) is 39.3 Å². The van der Waals surface area contributed by atoms with Crippen LogP contribution in [0.5, 0.6) is 0 Å². The van der Waals surface area contributed by atoms with Gasteiger partial charge in [-0.25, -0.2) is 4.79 Å². The van der Waals surface area contributed by atoms with E-state index in [-0.39, 0.29) is 12.1 Å². The molecule has 6 heteroatoms. The predicted octanol–water partition coefficient (Wildman–Crippen LogP) is 2.16. The molecule has 1 aliphatic heterocycles. The van der Waals surface area contributed by atoms with Crippen molar-refractivity contribution in [3.05, 3.63) is 22.4 Å². The molecule has 1 fully saturated rings. The Bertz CT molecular complexity index is 470. The lowest BCUT2D eigenvalue weighted by Gasteiger charge is -2.26. The first-order valence-corrected chi connectivity index (χ1v) is 8.03. The number of likely N-dealkylation sites (N-methyl/N-ethyl adjacent to an activating group) is 1. The van der Waals surface area contributed by atoms with Crippen LogP contribution in [0.3, 0.4) is 0 Å². The summed E-state index contributed by atoms with van der Waals surface area (Å²) < 4.78 is 5.36. The number of amides is 1. The van der Waals surface area contributed by atoms with Gasteiger partial charge in [0.2, 0.25) is 0 Å². The molecule has 2 atom stereocenters. The minimum Gasteiger partial charge on any atom is -0.444 e. The topological polar surface area (TPSA) is 53.0 Å². The van der Waals surface area contributed by atoms with Crippen LogP contribution in [0, 0.1) is 0 Å². The van der Waals surface area contributed by atoms with Gasteiger partial charge in [0.1, 0.15) is 5.60 Å². The van der Waals surface area contributed by atoms with Crippen LogP contribution in [-0.2, 0) is 11.3 Å². The molecule has 1 aromatic rings. The number of nitrogens with zero attached hydrogens (tertiary/aromatic N) is 2. The summed E-state index contributed by atoms with van der Waals surface area (Å²) in [5.41, 5.74) is -0.511. The van der Waals surface area contributed by atoms with Gasteiger partial charge in [-0.2, -0.15) is 0 Å². The fourth-order valence-electron chi connectivity index (χ4n) is 2.44. The normalized spacial score (nSPS) is 22.9. The number of hydrogen-bond donors (Lipinski definition) is 1. The van der Waals surface area contributed by atoms with Crippen LogP contribution in [0.2, 0.25) is 0 Å². The molecule has 21 heavy (non-hydrogen) atoms. The van der Waals surface area contributed by atoms with E-state index < -0.39 is 11.7 Å². The molecule has 0 bridgehead atoms. The number of aliphatic hydroxyl groups is 1. The van der Waals surface area contributed by atoms with Crippen molar-refractivity contribution < 1.29 is 14.6 Å². The van der Waals surface area contributed by atoms with Crippen molar-refractivity contribution in [2.45, 2.75) is 45.1 Å². The Kier molecular flexibility index (Phi) is 4.91. The summed E-state index contributed by atoms with van der Waals surface area (Å²) in [7, 11) is 1.98. The van der Waals surface area contributed by atoms with E-state index in [4.69, 9.17) is 4.74 Å². The van der Waals surface area contributed by atoms with Crippen LogP contribution in [0.1, 0.15) is 25.6 Å². The molecule has 0 radical (unpaired) electrons. The fraction of sp³-hybridized carbons (Fsp3) is 0.667. The van der Waals surface area contributed by atoms with E-state index in [2.05, 4.69) is 11.0 Å². The Morgan fingerprint density at radius 1 is 1.52 bits per heavy atom. The number of thiophene rings is 1. The Balaban J connectivity index is 1.92. The summed E-state index contributed by atoms with van der Waals surface area (Å²) in [5.74, 6) is 0. The number of rotatable bonds is 3. The molecule has 1 saturated heterocycles. The minimum atomic E-state index is -0.539. The lowest BCUT2D eigenvalue weighted by atomic mass is 10.2. The van der Waals surface area contributed by atoms with Gasteiger partial charge in [0.05, 0.1) is 18.7 Å². The van der Waals surface area contributed by atoms with Gasteiger partial charge in [-0.3, -0.25) is 4.90 Å². The van der Waals surface area contributed by atoms with Gasteiger partial charge in [-0.1, -0.05) is 6.07 Å². The summed E-state index contributed by atoms with van der Waals surface area (Å²) in [6.07, 6.45) is -0.893. The highest BCUT2D eigenvalue weighted by Gasteiger charge is 2.38. The molecule has 2 rings (SSSR count). The summed E-state index contributed by atoms with van der Waals surface area (Å²) in [4.78, 5) is 17.0. The molecular formula is C15H24N2O3S. The second-order valence-corrected chi connectivity index (χ2v) is 7.55. The van der Waals surface area contributed by atoms with Crippen molar-refractivity contribution >= 4 is 17.4 Å². The first-order chi connectivity index (χ1) is 9.76. The number of aliphatic hydroxyl groups excluding tert-OH is 1. The maximum Gasteiger partial charge on any atom is 0.410 e. The molecule has 0 unspecified atom stereocenters. The van der Waals surface area contributed by atoms with Crippen LogP contribution in [0.15, 0.2) is 17.5 Å². The highest BCUT2D eigenvalue weighted by Crippen LogP contribution is 2.21. The van der Waals surface area contributed by atoms with Gasteiger partial charge in [0.15, 0.2) is 0 Å². The molecule has 0 aromatic carbocycles. The Labute approximate surface area is 130 Å². The quantitative estimate of drug-likeness (QED) is 0.929. The van der Waals surface area contributed by atoms with Gasteiger partial charge in [0.25, 0.3) is 0 Å². The van der Waals surface area contributed by atoms with E-state index >= 15 is 0 Å². The lowest BCUT2D eigenvalue weighted by Crippen LogP contribution is -2.40. The minimum absolute atomic E-state index is 0.0559. The van der Waals surface area contributed by atoms with Crippen LogP contribution in [0.4, 0.5) is 4.79 Å². The third-order valence-corrected chi connectivity index (χ3v) is 4.32. The molecule has 118 valence electrons. The zero-order valence-electron chi connectivity index (χ0n) is 13.1. The van der Waals surface area contributed by atoms with Gasteiger partial charge in [-0.15, -0.1) is 11.3 Å². The van der Waals surface area contributed by atoms with E-state index in [1.165, 1.54) is 4.88 Å². The van der Waals surface area contributed by atoms with Crippen LogP contribution in [0.25, 0.3) is 0 Å². The van der Waals surface area contributed by atoms with E-state index in [0.29, 0.717) is 13.1 Å². The maximum absolute atomic E-state index is 12.1. The first kappa shape index (κ1) is 16.3. The molecule has 1 aliphatic rings. The molecule has 0 spiro atoms. The van der Waals surface area contributed by atoms with Crippen LogP contribution in [-0.4, -0.2) is 58.9 Å². The van der Waals surface area contributed by atoms with Crippen molar-refractivity contribution in [3.8, 4) is 0 Å². The maximum atomic E-state index is 12.1. The van der Waals surface area contributed by atoms with Crippen LogP contribution >= 0.6 is 11.3 Å². The van der Waals surface area contributed by atoms with Crippen molar-refractivity contribution in [2.24, 2.45) is 0 Å². The van der Waals surface area contributed by atoms with Gasteiger partial charge >= 0.3 is 6.09 Å². The molecule has 2 heterocycles. The molecule has 1 N–H and O–H groups in total. The fourth-order valence-corrected chi connectivity index (χ4v) is 3.21. The van der Waals surface area contributed by atoms with Gasteiger partial charge in [-0.05, 0) is 39.3 Å². The molecule has 0 saturated carbocycles. The average Bonchev–Trinajstić information content (AvgIpc) is 2.96. The number of β-amino-alcohol motifs (C(OH)–C–C–N with tert-alkyl or cyclic N) is 1. The summed E-state index contributed by atoms with van der Waals surface area (Å²) >= 11 is 1.70. The summed E-state index contributed by atoms with van der Waals surface area (Å²) in [6, 6.07) is 4.04. The van der Waals surface area contributed by atoms with Crippen molar-refractivity contribution in [1.29, 1.82) is 0 Å². The van der Waals surface area contributed by atoms with Crippen molar-refractivity contribution in [3.63, 3.8) is 0 Å². The Morgan fingerprint density at radius 3 is 2.81 bits per heavy atom. The highest BCUT2D eigenvalue weighted by molar-refractivity contribution is 7.09. The van der Waals surface area contributed by atoms with Gasteiger partial charge < -0.3 is 14.7 Å². The number of ether oxygens (including phenoxy) is 1. The smallest absolute Gasteiger partial charge is 0.410 e. The Hall–Kier alpha value is -1.11. The molecule has 0 aliphatic carbocycles. The summed E-state index contributed by atoms with van der Waals surface area (Å²) in [5, 5.41) is 12.3. The van der Waals surface area contributed by atoms with E-state index in [1.54, 1.807) is 16.2 Å². The zero-order valence-corrected chi connectivity index (χ0v) is 13.9. The van der Waals surface area contributed by atoms with Gasteiger partial charge in [0, 0.05) is 18.0 Å². The third-order valence-electron chi connectivity index (χ3n) is 3.46. The monoisotopic (exact) mass is 312 g/mol. The second kappa shape index (κ2) is 6.34. The zero-order chi connectivity index (χ0) is 15.6. The largest absolute Gasteiger partial charge is 0.444 e. The highest BCUT2D eigenvalue weighted by atomic mass is 32.1. The molecule has 1 amide bonds. The lowest BCUT2D eigenvalue weighted by molar-refractivity contribution is 0.0269. The summed E-state index contributed by atoms with van der Waals surface area (Å²) in [6.45, 7) is 7.14. The average molecular weight is 312 g/mol. The SMILES string of the molecule is CN(Cc1cccs1)[C@@H]1CN(C(=O)OC(C)(C)C)C[C@H]1O. The van der Waals surface area contributed by atoms with E-state index in [9.17, 15) is 9.90 Å². The predicted molar refractivity (Wildman–Crippen MR) is 83.4 cm³/mol. The number of carbonyl (C=O) groups is 1. The van der Waals surface area contributed by atoms with E-state index in [0.717, 1.165) is 6.54 Å². The number of likely N-dealkylation sites (tertiary alicyclic amines) is 1. The molecule has 1 aromatic heterocycles. The Morgan fingerprint density at radius 2 is 2.24 bits per heavy atom. The van der Waals surface area contributed by atoms with Crippen molar-refractivity contribution in [1.82, 2.24) is 9.80 Å². The first-order valence-electron chi connectivity index (χ1n) is 7.15. The third kappa shape index (κ3) is 4.43. The van der Waals surface area contributed by atoms with Crippen molar-refractivity contribution in [2.75, 3.05) is 20.1 Å². The molecular weight excluding hydrogens is 288 g/mol. The van der Waals surface area contributed by atoms with Crippen LogP contribution < -0.4 is 0 Å². The number of carbonyl (C=O) groups excluding carboxylic acids is 1. The number of hydrogen-bond acceptors (Lipinski definition) is 5. The molecule has 5 nitrogen and oxygen atoms in total. The standard InChI is InChI=1S/C15H24N2O3S/c1-15(2,3)20-14(19)17-9-12(13(18)10-17)16(4)8-11-6-5-7-21-11/h5-7,12-13,18H,8-10H2,1-4H3/t12-,13-/m1/s1. The second-order valence-electron chi connectivity index (χ2n) is 6.51.